The highest BCUT2D eigenvalue weighted by molar-refractivity contribution is 6.11. The zero-order chi connectivity index (χ0) is 42.3. The van der Waals surface area contributed by atoms with Crippen molar-refractivity contribution in [3.05, 3.63) is 149 Å². The molecule has 3 aliphatic heterocycles. The van der Waals surface area contributed by atoms with E-state index in [0.29, 0.717) is 11.8 Å². The molecule has 5 nitrogen and oxygen atoms in total. The van der Waals surface area contributed by atoms with Crippen molar-refractivity contribution in [2.24, 2.45) is 5.41 Å². The average molecular weight is 794 g/mol. The van der Waals surface area contributed by atoms with Crippen LogP contribution in [0.5, 0.6) is 0 Å². The van der Waals surface area contributed by atoms with Crippen LogP contribution in [-0.2, 0) is 16.4 Å². The van der Waals surface area contributed by atoms with E-state index in [1.165, 1.54) is 72.7 Å². The van der Waals surface area contributed by atoms with Gasteiger partial charge < -0.3 is 14.2 Å². The number of rotatable bonds is 6. The van der Waals surface area contributed by atoms with E-state index in [4.69, 9.17) is 4.42 Å². The number of para-hydroxylation sites is 3. The van der Waals surface area contributed by atoms with Gasteiger partial charge >= 0.3 is 0 Å². The van der Waals surface area contributed by atoms with Gasteiger partial charge in [-0.3, -0.25) is 0 Å². The van der Waals surface area contributed by atoms with Crippen LogP contribution in [0.3, 0.4) is 0 Å². The van der Waals surface area contributed by atoms with Gasteiger partial charge in [0.1, 0.15) is 35.4 Å². The molecule has 0 saturated heterocycles. The highest BCUT2D eigenvalue weighted by atomic mass is 16.3. The Morgan fingerprint density at radius 3 is 2.12 bits per heavy atom. The van der Waals surface area contributed by atoms with Crippen molar-refractivity contribution in [1.82, 2.24) is 4.57 Å². The fourth-order valence-corrected chi connectivity index (χ4v) is 11.7. The largest absolute Gasteiger partial charge is 0.454 e. The number of anilines is 3. The first-order valence-corrected chi connectivity index (χ1v) is 22.1. The number of aromatic nitrogens is 2. The third-order valence-electron chi connectivity index (χ3n) is 15.8. The number of nitrogens with zero attached hydrogens (tertiary/aromatic N) is 4. The van der Waals surface area contributed by atoms with E-state index in [1.807, 2.05) is 0 Å². The normalized spacial score (nSPS) is 22.5. The summed E-state index contributed by atoms with van der Waals surface area (Å²) in [5, 5.41) is 2.35. The Bertz CT molecular complexity index is 2880. The lowest BCUT2D eigenvalue weighted by atomic mass is 9.56. The molecule has 0 radical (unpaired) electrons. The van der Waals surface area contributed by atoms with Crippen molar-refractivity contribution >= 4 is 39.0 Å². The summed E-state index contributed by atoms with van der Waals surface area (Å²) < 4.78 is 12.1. The van der Waals surface area contributed by atoms with Gasteiger partial charge in [0.25, 0.3) is 5.82 Å². The van der Waals surface area contributed by atoms with Gasteiger partial charge in [-0.25, -0.2) is 4.57 Å². The van der Waals surface area contributed by atoms with E-state index in [9.17, 15) is 0 Å². The molecule has 0 amide bonds. The zero-order valence-electron chi connectivity index (χ0n) is 37.7. The van der Waals surface area contributed by atoms with Gasteiger partial charge in [0.2, 0.25) is 0 Å². The number of imidazole rings is 1. The van der Waals surface area contributed by atoms with Crippen molar-refractivity contribution in [2.75, 3.05) is 16.8 Å². The minimum absolute atomic E-state index is 0.0844. The second-order valence-electron chi connectivity index (χ2n) is 20.2. The minimum atomic E-state index is -0.377. The Labute approximate surface area is 357 Å². The van der Waals surface area contributed by atoms with Crippen LogP contribution in [-0.4, -0.2) is 17.8 Å². The maximum Gasteiger partial charge on any atom is 0.295 e. The average Bonchev–Trinajstić information content (AvgIpc) is 3.91. The van der Waals surface area contributed by atoms with Crippen LogP contribution in [0, 0.1) is 12.3 Å². The molecule has 3 unspecified atom stereocenters. The van der Waals surface area contributed by atoms with Crippen LogP contribution >= 0.6 is 0 Å². The van der Waals surface area contributed by atoms with Crippen LogP contribution in [0.2, 0.25) is 0 Å². The van der Waals surface area contributed by atoms with Gasteiger partial charge in [-0.1, -0.05) is 141 Å². The third kappa shape index (κ3) is 4.95. The van der Waals surface area contributed by atoms with Crippen LogP contribution < -0.4 is 14.4 Å². The quantitative estimate of drug-likeness (QED) is 0.124. The third-order valence-corrected chi connectivity index (χ3v) is 15.8. The Kier molecular flexibility index (Phi) is 8.36. The second kappa shape index (κ2) is 13.0. The highest BCUT2D eigenvalue weighted by Crippen LogP contribution is 2.63. The van der Waals surface area contributed by atoms with E-state index < -0.39 is 0 Å². The van der Waals surface area contributed by atoms with E-state index >= 15 is 0 Å². The van der Waals surface area contributed by atoms with E-state index in [-0.39, 0.29) is 27.9 Å². The first-order valence-electron chi connectivity index (χ1n) is 22.1. The minimum Gasteiger partial charge on any atom is -0.454 e. The molecule has 10 rings (SSSR count). The topological polar surface area (TPSA) is 28.4 Å². The first-order chi connectivity index (χ1) is 28.5. The van der Waals surface area contributed by atoms with Crippen molar-refractivity contribution in [1.29, 1.82) is 0 Å². The van der Waals surface area contributed by atoms with Crippen LogP contribution in [0.25, 0.3) is 39.0 Å². The summed E-state index contributed by atoms with van der Waals surface area (Å²) in [6.45, 7) is 26.3. The summed E-state index contributed by atoms with van der Waals surface area (Å²) in [6.07, 6.45) is 10.7. The first kappa shape index (κ1) is 38.6. The summed E-state index contributed by atoms with van der Waals surface area (Å²) in [7, 11) is 2.28. The molecule has 3 aliphatic rings. The molecule has 306 valence electrons. The number of furan rings is 1. The van der Waals surface area contributed by atoms with Crippen molar-refractivity contribution in [3.8, 4) is 17.1 Å². The summed E-state index contributed by atoms with van der Waals surface area (Å²) in [4.78, 5) is 5.11. The van der Waals surface area contributed by atoms with E-state index in [2.05, 4.69) is 224 Å². The van der Waals surface area contributed by atoms with Crippen molar-refractivity contribution < 1.29 is 8.98 Å². The number of benzene rings is 5. The lowest BCUT2D eigenvalue weighted by Crippen LogP contribution is -2.65. The summed E-state index contributed by atoms with van der Waals surface area (Å²) in [5.74, 6) is 2.02. The Morgan fingerprint density at radius 2 is 1.40 bits per heavy atom. The molecule has 0 aliphatic carbocycles. The Morgan fingerprint density at radius 1 is 0.733 bits per heavy atom. The molecule has 5 aromatic carbocycles. The lowest BCUT2D eigenvalue weighted by molar-refractivity contribution is -0.750. The molecule has 0 bridgehead atoms. The van der Waals surface area contributed by atoms with Gasteiger partial charge in [0, 0.05) is 45.2 Å². The number of hydrogen-bond acceptors (Lipinski definition) is 3. The Hall–Kier alpha value is -5.55. The molecular formula is C55H61N4O+. The summed E-state index contributed by atoms with van der Waals surface area (Å²) >= 11 is 0. The van der Waals surface area contributed by atoms with Crippen LogP contribution in [0.4, 0.5) is 17.1 Å². The predicted octanol–water partition coefficient (Wildman–Crippen LogP) is 13.8. The highest BCUT2D eigenvalue weighted by Gasteiger charge is 2.59. The molecule has 5 heteroatoms. The van der Waals surface area contributed by atoms with Gasteiger partial charge in [-0.15, -0.1) is 0 Å². The van der Waals surface area contributed by atoms with E-state index in [0.717, 1.165) is 17.6 Å². The molecule has 7 aromatic rings. The number of aryl methyl sites for hydroxylation is 1. The molecule has 0 N–H and O–H groups in total. The molecule has 60 heavy (non-hydrogen) atoms. The number of allylic oxidation sites excluding steroid dienone is 2. The fraction of sp³-hybridized carbons (Fsp3) is 0.364. The monoisotopic (exact) mass is 793 g/mol. The molecule has 0 fully saturated rings. The summed E-state index contributed by atoms with van der Waals surface area (Å²) in [6, 6.07) is 36.3. The van der Waals surface area contributed by atoms with Crippen molar-refractivity contribution in [2.45, 2.75) is 117 Å². The Balaban J connectivity index is 1.16. The molecular weight excluding hydrogens is 733 g/mol. The zero-order valence-corrected chi connectivity index (χ0v) is 37.7. The van der Waals surface area contributed by atoms with Gasteiger partial charge in [0.05, 0.1) is 22.6 Å². The second-order valence-corrected chi connectivity index (χ2v) is 20.2. The summed E-state index contributed by atoms with van der Waals surface area (Å²) in [5.41, 5.74) is 13.9. The van der Waals surface area contributed by atoms with Gasteiger partial charge in [-0.05, 0) is 79.1 Å². The smallest absolute Gasteiger partial charge is 0.295 e. The van der Waals surface area contributed by atoms with E-state index in [1.54, 1.807) is 0 Å². The molecule has 2 aromatic heterocycles. The lowest BCUT2D eigenvalue weighted by Gasteiger charge is -2.57. The standard InChI is InChI=1S/C55H61N4O/c1-34(2)37-20-17-21-38(35(3)4)47(37)57-31-32-58-50(57)41-19-13-14-22-42(41)52(6,7)55(58,11)30-18-29-54(10)43-28-27-40-39-26-25-36(5)33-46(39)60-49(40)48(43)59-45-24-16-15-23-44(45)56(12)51(59)53(54,8)9/h13-28,30-35,51H,29H2,1-12H3/q+1/b30-18+. The SMILES string of the molecule is Cc1ccc2c(c1)oc1c3c(ccc12)C(C)(C/C=C/C1(C)[n+]2ccn(-c4c(C(C)C)cccc4C(C)C)c2-c2ccccc2C1(C)C)C(C)(C)C1N(C)c2ccccc2N31. The van der Waals surface area contributed by atoms with Crippen LogP contribution in [0.1, 0.15) is 115 Å². The van der Waals surface area contributed by atoms with Gasteiger partial charge in [-0.2, -0.15) is 4.57 Å². The maximum atomic E-state index is 6.97. The molecule has 0 saturated carbocycles. The molecule has 3 atom stereocenters. The fourth-order valence-electron chi connectivity index (χ4n) is 11.7. The maximum absolute atomic E-state index is 6.97. The van der Waals surface area contributed by atoms with Gasteiger partial charge in [0.15, 0.2) is 5.58 Å². The molecule has 5 heterocycles. The molecule has 0 spiro atoms. The predicted molar refractivity (Wildman–Crippen MR) is 250 cm³/mol. The number of fused-ring (bicyclic) bond motifs is 12. The van der Waals surface area contributed by atoms with Crippen molar-refractivity contribution in [3.63, 3.8) is 0 Å². The van der Waals surface area contributed by atoms with Crippen LogP contribution in [0.15, 0.2) is 126 Å². The number of hydrogen-bond donors (Lipinski definition) is 0.